The van der Waals surface area contributed by atoms with Crippen molar-refractivity contribution in [3.8, 4) is 0 Å². The Morgan fingerprint density at radius 2 is 1.48 bits per heavy atom. The summed E-state index contributed by atoms with van der Waals surface area (Å²) in [6.45, 7) is 15.5. The topological polar surface area (TPSA) is 76.7 Å². The van der Waals surface area contributed by atoms with E-state index in [1.807, 2.05) is 48.6 Å². The van der Waals surface area contributed by atoms with Gasteiger partial charge in [-0.2, -0.15) is 0 Å². The van der Waals surface area contributed by atoms with Gasteiger partial charge in [-0.05, 0) is 39.7 Å². The lowest BCUT2D eigenvalue weighted by molar-refractivity contribution is -0.211. The summed E-state index contributed by atoms with van der Waals surface area (Å²) in [7, 11) is 1.87. The maximum atomic E-state index is 11.8. The maximum absolute atomic E-state index is 11.8. The first-order chi connectivity index (χ1) is 11.6. The molecular weight excluding hydrogens is 320 g/mol. The first-order valence-electron chi connectivity index (χ1n) is 9.27. The van der Waals surface area contributed by atoms with Gasteiger partial charge in [0, 0.05) is 25.9 Å². The van der Waals surface area contributed by atoms with Crippen molar-refractivity contribution in [2.45, 2.75) is 73.5 Å². The average Bonchev–Trinajstić information content (AvgIpc) is 2.51. The molecule has 0 aromatic rings. The van der Waals surface area contributed by atoms with Gasteiger partial charge in [0.1, 0.15) is 5.78 Å². The van der Waals surface area contributed by atoms with Crippen LogP contribution >= 0.6 is 0 Å². The van der Waals surface area contributed by atoms with E-state index in [4.69, 9.17) is 9.47 Å². The van der Waals surface area contributed by atoms with E-state index in [2.05, 4.69) is 10.6 Å². The van der Waals surface area contributed by atoms with Gasteiger partial charge in [0.2, 0.25) is 5.91 Å². The van der Waals surface area contributed by atoms with E-state index in [9.17, 15) is 9.59 Å². The molecule has 150 valence electrons. The molecule has 0 heterocycles. The standard InChI is InChI=1S/C17H34N2O4.C2H6/c1-14(20)13-16(2,3)8-7-15(21)19-10-12-23-17(4,5)22-11-9-18-6;1-2/h18H,7-13H2,1-6H3,(H,19,21);1-2H3. The third-order valence-corrected chi connectivity index (χ3v) is 3.43. The normalized spacial score (nSPS) is 11.5. The van der Waals surface area contributed by atoms with Gasteiger partial charge in [0.05, 0.1) is 13.2 Å². The van der Waals surface area contributed by atoms with E-state index in [1.54, 1.807) is 6.92 Å². The highest BCUT2D eigenvalue weighted by Crippen LogP contribution is 2.26. The van der Waals surface area contributed by atoms with Crippen molar-refractivity contribution in [1.82, 2.24) is 10.6 Å². The number of hydrogen-bond donors (Lipinski definition) is 2. The Balaban J connectivity index is 0. The molecular formula is C19H40N2O4. The molecule has 1 amide bonds. The molecule has 0 aliphatic heterocycles. The fourth-order valence-corrected chi connectivity index (χ4v) is 2.23. The van der Waals surface area contributed by atoms with Gasteiger partial charge in [-0.15, -0.1) is 0 Å². The first-order valence-corrected chi connectivity index (χ1v) is 9.27. The van der Waals surface area contributed by atoms with Crippen LogP contribution in [0, 0.1) is 5.41 Å². The highest BCUT2D eigenvalue weighted by molar-refractivity contribution is 5.77. The van der Waals surface area contributed by atoms with Crippen molar-refractivity contribution in [1.29, 1.82) is 0 Å². The molecule has 0 radical (unpaired) electrons. The molecule has 0 rings (SSSR count). The highest BCUT2D eigenvalue weighted by atomic mass is 16.7. The molecule has 0 aromatic heterocycles. The minimum Gasteiger partial charge on any atom is -0.354 e. The van der Waals surface area contributed by atoms with E-state index in [0.29, 0.717) is 39.0 Å². The van der Waals surface area contributed by atoms with E-state index in [-0.39, 0.29) is 17.1 Å². The summed E-state index contributed by atoms with van der Waals surface area (Å²) in [6, 6.07) is 0. The highest BCUT2D eigenvalue weighted by Gasteiger charge is 2.21. The number of carbonyl (C=O) groups is 2. The molecule has 0 unspecified atom stereocenters. The van der Waals surface area contributed by atoms with Crippen LogP contribution in [0.25, 0.3) is 0 Å². The quantitative estimate of drug-likeness (QED) is 0.390. The van der Waals surface area contributed by atoms with Crippen LogP contribution in [0.2, 0.25) is 0 Å². The molecule has 6 nitrogen and oxygen atoms in total. The number of carbonyl (C=O) groups excluding carboxylic acids is 2. The minimum absolute atomic E-state index is 0.0147. The molecule has 0 bridgehead atoms. The first kappa shape index (κ1) is 26.3. The van der Waals surface area contributed by atoms with E-state index in [0.717, 1.165) is 6.54 Å². The SMILES string of the molecule is CC.CNCCOC(C)(C)OCCNC(=O)CCC(C)(C)CC(C)=O. The number of likely N-dealkylation sites (N-methyl/N-ethyl adjacent to an activating group) is 1. The second-order valence-electron chi connectivity index (χ2n) is 7.09. The van der Waals surface area contributed by atoms with Gasteiger partial charge < -0.3 is 24.9 Å². The predicted molar refractivity (Wildman–Crippen MR) is 103 cm³/mol. The second-order valence-corrected chi connectivity index (χ2v) is 7.09. The van der Waals surface area contributed by atoms with E-state index in [1.165, 1.54) is 0 Å². The number of amides is 1. The van der Waals surface area contributed by atoms with E-state index < -0.39 is 5.79 Å². The zero-order valence-electron chi connectivity index (χ0n) is 17.6. The third-order valence-electron chi connectivity index (χ3n) is 3.43. The summed E-state index contributed by atoms with van der Waals surface area (Å²) in [5, 5.41) is 5.83. The number of ether oxygens (including phenoxy) is 2. The Labute approximate surface area is 154 Å². The summed E-state index contributed by atoms with van der Waals surface area (Å²) < 4.78 is 11.2. The summed E-state index contributed by atoms with van der Waals surface area (Å²) >= 11 is 0. The van der Waals surface area contributed by atoms with Gasteiger partial charge in [-0.1, -0.05) is 27.7 Å². The van der Waals surface area contributed by atoms with Gasteiger partial charge >= 0.3 is 0 Å². The van der Waals surface area contributed by atoms with Crippen LogP contribution in [0.15, 0.2) is 0 Å². The molecule has 0 saturated heterocycles. The summed E-state index contributed by atoms with van der Waals surface area (Å²) in [6.07, 6.45) is 1.61. The largest absolute Gasteiger partial charge is 0.354 e. The Hall–Kier alpha value is -0.980. The Morgan fingerprint density at radius 1 is 0.960 bits per heavy atom. The van der Waals surface area contributed by atoms with Crippen LogP contribution in [0.3, 0.4) is 0 Å². The van der Waals surface area contributed by atoms with Crippen LogP contribution in [-0.2, 0) is 19.1 Å². The van der Waals surface area contributed by atoms with Crippen molar-refractivity contribution in [3.05, 3.63) is 0 Å². The van der Waals surface area contributed by atoms with Gasteiger partial charge in [-0.25, -0.2) is 0 Å². The molecule has 0 aliphatic carbocycles. The van der Waals surface area contributed by atoms with Crippen molar-refractivity contribution in [3.63, 3.8) is 0 Å². The molecule has 0 fully saturated rings. The Bertz CT molecular complexity index is 368. The smallest absolute Gasteiger partial charge is 0.220 e. The monoisotopic (exact) mass is 360 g/mol. The average molecular weight is 361 g/mol. The van der Waals surface area contributed by atoms with Crippen molar-refractivity contribution in [2.24, 2.45) is 5.41 Å². The Morgan fingerprint density at radius 3 is 1.96 bits per heavy atom. The van der Waals surface area contributed by atoms with Crippen LogP contribution < -0.4 is 10.6 Å². The van der Waals surface area contributed by atoms with Gasteiger partial charge in [0.25, 0.3) is 0 Å². The van der Waals surface area contributed by atoms with E-state index >= 15 is 0 Å². The third kappa shape index (κ3) is 17.6. The minimum atomic E-state index is -0.662. The van der Waals surface area contributed by atoms with Crippen LogP contribution in [0.1, 0.15) is 67.7 Å². The molecule has 2 N–H and O–H groups in total. The molecule has 6 heteroatoms. The lowest BCUT2D eigenvalue weighted by Crippen LogP contribution is -2.35. The van der Waals surface area contributed by atoms with Crippen LogP contribution in [0.5, 0.6) is 0 Å². The van der Waals surface area contributed by atoms with Crippen molar-refractivity contribution >= 4 is 11.7 Å². The number of Topliss-reactive ketones (excluding diaryl/α,β-unsaturated/α-hetero) is 1. The lowest BCUT2D eigenvalue weighted by atomic mass is 9.83. The van der Waals surface area contributed by atoms with Gasteiger partial charge in [-0.3, -0.25) is 4.79 Å². The molecule has 0 aliphatic rings. The maximum Gasteiger partial charge on any atom is 0.220 e. The van der Waals surface area contributed by atoms with Gasteiger partial charge in [0.15, 0.2) is 5.79 Å². The van der Waals surface area contributed by atoms with Crippen molar-refractivity contribution < 1.29 is 19.1 Å². The second kappa shape index (κ2) is 14.2. The lowest BCUT2D eigenvalue weighted by Gasteiger charge is -2.26. The summed E-state index contributed by atoms with van der Waals surface area (Å²) in [5.41, 5.74) is -0.136. The molecule has 0 atom stereocenters. The molecule has 0 aromatic carbocycles. The zero-order valence-corrected chi connectivity index (χ0v) is 17.6. The fourth-order valence-electron chi connectivity index (χ4n) is 2.23. The Kier molecular flexibility index (Phi) is 14.9. The molecule has 0 saturated carbocycles. The molecule has 0 spiro atoms. The van der Waals surface area contributed by atoms with Crippen LogP contribution in [-0.4, -0.2) is 50.8 Å². The fraction of sp³-hybridized carbons (Fsp3) is 0.895. The van der Waals surface area contributed by atoms with Crippen molar-refractivity contribution in [2.75, 3.05) is 33.4 Å². The number of rotatable bonds is 13. The van der Waals surface area contributed by atoms with Crippen LogP contribution in [0.4, 0.5) is 0 Å². The number of nitrogens with one attached hydrogen (secondary N) is 2. The number of hydrogen-bond acceptors (Lipinski definition) is 5. The predicted octanol–water partition coefficient (Wildman–Crippen LogP) is 2.90. The zero-order chi connectivity index (χ0) is 19.9. The molecule has 25 heavy (non-hydrogen) atoms. The number of ketones is 1. The summed E-state index contributed by atoms with van der Waals surface area (Å²) in [4.78, 5) is 23.0. The summed E-state index contributed by atoms with van der Waals surface area (Å²) in [5.74, 6) is -0.520.